The van der Waals surface area contributed by atoms with E-state index in [0.717, 1.165) is 38.8 Å². The Kier molecular flexibility index (Phi) is 7.14. The molecule has 1 saturated carbocycles. The van der Waals surface area contributed by atoms with Gasteiger partial charge in [-0.05, 0) is 31.7 Å². The van der Waals surface area contributed by atoms with E-state index in [-0.39, 0.29) is 5.91 Å². The summed E-state index contributed by atoms with van der Waals surface area (Å²) >= 11 is 0. The Morgan fingerprint density at radius 1 is 1.10 bits per heavy atom. The first-order valence-electron chi connectivity index (χ1n) is 8.40. The number of carbonyl (C=O) groups is 1. The van der Waals surface area contributed by atoms with Gasteiger partial charge in [0.15, 0.2) is 0 Å². The topological polar surface area (TPSA) is 43.8 Å². The zero-order valence-corrected chi connectivity index (χ0v) is 14.6. The van der Waals surface area contributed by atoms with Crippen LogP contribution in [-0.2, 0) is 4.79 Å². The molecule has 1 rings (SSSR count). The Hall–Kier alpha value is -0.610. The van der Waals surface area contributed by atoms with E-state index in [4.69, 9.17) is 0 Å². The molecular formula is C17H34N2O2. The Bertz CT molecular complexity index is 313. The van der Waals surface area contributed by atoms with Crippen LogP contribution >= 0.6 is 0 Å². The molecule has 1 fully saturated rings. The smallest absolute Gasteiger partial charge is 0.236 e. The predicted octanol–water partition coefficient (Wildman–Crippen LogP) is 2.36. The van der Waals surface area contributed by atoms with Crippen LogP contribution in [-0.4, -0.2) is 59.6 Å². The second kappa shape index (κ2) is 8.14. The highest BCUT2D eigenvalue weighted by molar-refractivity contribution is 5.78. The van der Waals surface area contributed by atoms with Gasteiger partial charge in [0.25, 0.3) is 0 Å². The van der Waals surface area contributed by atoms with E-state index in [1.165, 1.54) is 0 Å². The van der Waals surface area contributed by atoms with Gasteiger partial charge >= 0.3 is 0 Å². The minimum absolute atomic E-state index is 0.182. The van der Waals surface area contributed by atoms with Crippen LogP contribution in [0.2, 0.25) is 0 Å². The van der Waals surface area contributed by atoms with Crippen LogP contribution in [0.5, 0.6) is 0 Å². The summed E-state index contributed by atoms with van der Waals surface area (Å²) in [5, 5.41) is 10.4. The molecule has 0 unspecified atom stereocenters. The molecule has 1 aliphatic rings. The fourth-order valence-electron chi connectivity index (χ4n) is 3.24. The summed E-state index contributed by atoms with van der Waals surface area (Å²) in [6.07, 6.45) is 3.94. The van der Waals surface area contributed by atoms with E-state index in [1.54, 1.807) is 0 Å². The van der Waals surface area contributed by atoms with E-state index in [9.17, 15) is 9.90 Å². The van der Waals surface area contributed by atoms with Crippen LogP contribution in [0, 0.1) is 11.8 Å². The minimum Gasteiger partial charge on any atom is -0.389 e. The number of carbonyl (C=O) groups excluding carboxylic acids is 1. The molecule has 0 aromatic carbocycles. The normalized spacial score (nSPS) is 18.0. The summed E-state index contributed by atoms with van der Waals surface area (Å²) in [6, 6.07) is 0. The van der Waals surface area contributed by atoms with E-state index in [1.807, 2.05) is 16.8 Å². The SMILES string of the molecule is CC(C)CN(CC(C)C)C(=O)CN(C)CC1(O)CCCC1. The number of hydrogen-bond donors (Lipinski definition) is 1. The Labute approximate surface area is 130 Å². The maximum atomic E-state index is 12.5. The quantitative estimate of drug-likeness (QED) is 0.748. The summed E-state index contributed by atoms with van der Waals surface area (Å²) in [7, 11) is 1.94. The average molecular weight is 298 g/mol. The molecule has 4 heteroatoms. The first-order chi connectivity index (χ1) is 9.72. The standard InChI is InChI=1S/C17H34N2O2/c1-14(2)10-19(11-15(3)4)16(20)12-18(5)13-17(21)8-6-7-9-17/h14-15,21H,6-13H2,1-5H3. The van der Waals surface area contributed by atoms with Crippen molar-refractivity contribution in [1.29, 1.82) is 0 Å². The van der Waals surface area contributed by atoms with Crippen molar-refractivity contribution in [2.24, 2.45) is 11.8 Å². The predicted molar refractivity (Wildman–Crippen MR) is 87.2 cm³/mol. The first-order valence-corrected chi connectivity index (χ1v) is 8.40. The summed E-state index contributed by atoms with van der Waals surface area (Å²) in [4.78, 5) is 16.5. The molecule has 0 saturated heterocycles. The molecule has 0 aliphatic heterocycles. The molecule has 1 N–H and O–H groups in total. The lowest BCUT2D eigenvalue weighted by atomic mass is 10.0. The number of likely N-dealkylation sites (N-methyl/N-ethyl adjacent to an activating group) is 1. The van der Waals surface area contributed by atoms with E-state index in [2.05, 4.69) is 27.7 Å². The van der Waals surface area contributed by atoms with E-state index < -0.39 is 5.60 Å². The molecule has 0 bridgehead atoms. The lowest BCUT2D eigenvalue weighted by Gasteiger charge is -2.31. The highest BCUT2D eigenvalue weighted by atomic mass is 16.3. The molecule has 0 radical (unpaired) electrons. The van der Waals surface area contributed by atoms with Crippen LogP contribution in [0.4, 0.5) is 0 Å². The molecule has 124 valence electrons. The van der Waals surface area contributed by atoms with Crippen LogP contribution in [0.3, 0.4) is 0 Å². The summed E-state index contributed by atoms with van der Waals surface area (Å²) in [5.74, 6) is 1.15. The highest BCUT2D eigenvalue weighted by Crippen LogP contribution is 2.29. The van der Waals surface area contributed by atoms with Gasteiger partial charge in [0.05, 0.1) is 12.1 Å². The molecule has 0 atom stereocenters. The van der Waals surface area contributed by atoms with Gasteiger partial charge in [-0.3, -0.25) is 9.69 Å². The second-order valence-electron chi connectivity index (χ2n) is 7.69. The maximum absolute atomic E-state index is 12.5. The van der Waals surface area contributed by atoms with Crippen molar-refractivity contribution in [3.05, 3.63) is 0 Å². The Morgan fingerprint density at radius 2 is 1.57 bits per heavy atom. The molecular weight excluding hydrogens is 264 g/mol. The molecule has 4 nitrogen and oxygen atoms in total. The van der Waals surface area contributed by atoms with Gasteiger partial charge in [0.1, 0.15) is 0 Å². The van der Waals surface area contributed by atoms with Gasteiger partial charge in [0.2, 0.25) is 5.91 Å². The molecule has 1 aliphatic carbocycles. The number of rotatable bonds is 8. The first kappa shape index (κ1) is 18.4. The molecule has 21 heavy (non-hydrogen) atoms. The van der Waals surface area contributed by atoms with Gasteiger partial charge < -0.3 is 10.0 Å². The van der Waals surface area contributed by atoms with Crippen LogP contribution < -0.4 is 0 Å². The van der Waals surface area contributed by atoms with Crippen LogP contribution in [0.15, 0.2) is 0 Å². The summed E-state index contributed by atoms with van der Waals surface area (Å²) in [6.45, 7) is 11.2. The van der Waals surface area contributed by atoms with Crippen molar-refractivity contribution in [3.63, 3.8) is 0 Å². The average Bonchev–Trinajstić information content (AvgIpc) is 2.73. The Balaban J connectivity index is 2.50. The lowest BCUT2D eigenvalue weighted by molar-refractivity contribution is -0.133. The fourth-order valence-corrected chi connectivity index (χ4v) is 3.24. The zero-order valence-electron chi connectivity index (χ0n) is 14.6. The van der Waals surface area contributed by atoms with Crippen LogP contribution in [0.25, 0.3) is 0 Å². The van der Waals surface area contributed by atoms with Crippen molar-refractivity contribution in [2.75, 3.05) is 33.2 Å². The monoisotopic (exact) mass is 298 g/mol. The van der Waals surface area contributed by atoms with Gasteiger partial charge in [0, 0.05) is 19.6 Å². The summed E-state index contributed by atoms with van der Waals surface area (Å²) < 4.78 is 0. The molecule has 0 aromatic heterocycles. The third-order valence-electron chi connectivity index (χ3n) is 4.03. The second-order valence-corrected chi connectivity index (χ2v) is 7.69. The maximum Gasteiger partial charge on any atom is 0.236 e. The molecule has 0 aromatic rings. The molecule has 0 heterocycles. The highest BCUT2D eigenvalue weighted by Gasteiger charge is 2.32. The van der Waals surface area contributed by atoms with Crippen molar-refractivity contribution in [3.8, 4) is 0 Å². The third-order valence-corrected chi connectivity index (χ3v) is 4.03. The minimum atomic E-state index is -0.573. The van der Waals surface area contributed by atoms with Crippen molar-refractivity contribution >= 4 is 5.91 Å². The number of hydrogen-bond acceptors (Lipinski definition) is 3. The fraction of sp³-hybridized carbons (Fsp3) is 0.941. The van der Waals surface area contributed by atoms with Gasteiger partial charge in [-0.2, -0.15) is 0 Å². The third kappa shape index (κ3) is 6.79. The largest absolute Gasteiger partial charge is 0.389 e. The lowest BCUT2D eigenvalue weighted by Crippen LogP contribution is -2.46. The van der Waals surface area contributed by atoms with Crippen molar-refractivity contribution in [2.45, 2.75) is 59.0 Å². The summed E-state index contributed by atoms with van der Waals surface area (Å²) in [5.41, 5.74) is -0.573. The number of amides is 1. The Morgan fingerprint density at radius 3 is 2.00 bits per heavy atom. The van der Waals surface area contributed by atoms with Gasteiger partial charge in [-0.1, -0.05) is 40.5 Å². The molecule has 1 amide bonds. The van der Waals surface area contributed by atoms with E-state index >= 15 is 0 Å². The van der Waals surface area contributed by atoms with Crippen molar-refractivity contribution < 1.29 is 9.90 Å². The van der Waals surface area contributed by atoms with Gasteiger partial charge in [-0.25, -0.2) is 0 Å². The van der Waals surface area contributed by atoms with Crippen LogP contribution in [0.1, 0.15) is 53.4 Å². The molecule has 0 spiro atoms. The number of aliphatic hydroxyl groups is 1. The zero-order chi connectivity index (χ0) is 16.0. The van der Waals surface area contributed by atoms with Gasteiger partial charge in [-0.15, -0.1) is 0 Å². The number of nitrogens with zero attached hydrogens (tertiary/aromatic N) is 2. The van der Waals surface area contributed by atoms with E-state index in [0.29, 0.717) is 24.9 Å². The van der Waals surface area contributed by atoms with Crippen molar-refractivity contribution in [1.82, 2.24) is 9.80 Å².